The van der Waals surface area contributed by atoms with Crippen molar-refractivity contribution in [2.45, 2.75) is 45.2 Å². The number of hydrogen-bond donors (Lipinski definition) is 0. The summed E-state index contributed by atoms with van der Waals surface area (Å²) in [6.07, 6.45) is -3.43. The molecule has 0 unspecified atom stereocenters. The molecule has 1 aliphatic carbocycles. The summed E-state index contributed by atoms with van der Waals surface area (Å²) in [5.41, 5.74) is 0.778. The van der Waals surface area contributed by atoms with Gasteiger partial charge in [-0.1, -0.05) is 26.0 Å². The maximum absolute atomic E-state index is 12.9. The first kappa shape index (κ1) is 19.6. The van der Waals surface area contributed by atoms with Crippen molar-refractivity contribution in [2.24, 2.45) is 5.41 Å². The van der Waals surface area contributed by atoms with Crippen molar-refractivity contribution < 1.29 is 22.8 Å². The fourth-order valence-electron chi connectivity index (χ4n) is 4.05. The Hall–Kier alpha value is -2.15. The summed E-state index contributed by atoms with van der Waals surface area (Å²) in [7, 11) is 3.49. The third-order valence-corrected chi connectivity index (χ3v) is 5.16. The van der Waals surface area contributed by atoms with Gasteiger partial charge in [0.15, 0.2) is 5.78 Å². The normalized spacial score (nSPS) is 23.1. The van der Waals surface area contributed by atoms with Gasteiger partial charge in [-0.3, -0.25) is 9.59 Å². The Labute approximate surface area is 156 Å². The molecule has 3 rings (SSSR count). The van der Waals surface area contributed by atoms with E-state index in [0.29, 0.717) is 29.7 Å². The number of rotatable bonds is 2. The molecule has 0 saturated heterocycles. The van der Waals surface area contributed by atoms with E-state index in [0.717, 1.165) is 12.1 Å². The maximum Gasteiger partial charge on any atom is 0.416 e. The van der Waals surface area contributed by atoms with Crippen molar-refractivity contribution in [1.82, 2.24) is 10.0 Å². The highest BCUT2D eigenvalue weighted by Gasteiger charge is 2.44. The predicted molar refractivity (Wildman–Crippen MR) is 94.4 cm³/mol. The first-order chi connectivity index (χ1) is 12.4. The number of halogens is 3. The molecule has 0 bridgehead atoms. The lowest BCUT2D eigenvalue weighted by atomic mass is 9.69. The number of Topliss-reactive ketones (excluding diaryl/α,β-unsaturated/α-hetero) is 1. The summed E-state index contributed by atoms with van der Waals surface area (Å²) in [6, 6.07) is 4.78. The molecule has 1 aliphatic heterocycles. The van der Waals surface area contributed by atoms with Crippen LogP contribution in [0, 0.1) is 5.41 Å². The second-order valence-electron chi connectivity index (χ2n) is 8.23. The van der Waals surface area contributed by atoms with Crippen molar-refractivity contribution in [1.29, 1.82) is 0 Å². The van der Waals surface area contributed by atoms with Crippen LogP contribution in [0.2, 0.25) is 0 Å². The lowest BCUT2D eigenvalue weighted by molar-refractivity contribution is -0.144. The average molecular weight is 380 g/mol. The molecule has 1 atom stereocenters. The fraction of sp³-hybridized carbons (Fsp3) is 0.500. The molecule has 1 amide bonds. The molecule has 0 N–H and O–H groups in total. The van der Waals surface area contributed by atoms with Crippen LogP contribution in [0.5, 0.6) is 0 Å². The van der Waals surface area contributed by atoms with Gasteiger partial charge < -0.3 is 0 Å². The Balaban J connectivity index is 2.10. The highest BCUT2D eigenvalue weighted by Crippen LogP contribution is 2.47. The van der Waals surface area contributed by atoms with Crippen molar-refractivity contribution in [3.8, 4) is 0 Å². The molecule has 7 heteroatoms. The summed E-state index contributed by atoms with van der Waals surface area (Å²) in [6.45, 7) is 3.96. The summed E-state index contributed by atoms with van der Waals surface area (Å²) in [5.74, 6) is -0.700. The Morgan fingerprint density at radius 1 is 1.07 bits per heavy atom. The van der Waals surface area contributed by atoms with E-state index in [1.807, 2.05) is 13.8 Å². The summed E-state index contributed by atoms with van der Waals surface area (Å²) in [4.78, 5) is 25.7. The van der Waals surface area contributed by atoms with Crippen LogP contribution in [0.1, 0.15) is 50.2 Å². The van der Waals surface area contributed by atoms with Gasteiger partial charge in [-0.05, 0) is 29.5 Å². The van der Waals surface area contributed by atoms with Crippen LogP contribution >= 0.6 is 0 Å². The van der Waals surface area contributed by atoms with Gasteiger partial charge in [0.2, 0.25) is 5.91 Å². The highest BCUT2D eigenvalue weighted by atomic mass is 19.4. The number of hydrogen-bond acceptors (Lipinski definition) is 3. The number of carbonyl (C=O) groups is 2. The van der Waals surface area contributed by atoms with E-state index in [1.54, 1.807) is 19.1 Å². The zero-order valence-corrected chi connectivity index (χ0v) is 15.9. The van der Waals surface area contributed by atoms with Gasteiger partial charge in [-0.15, -0.1) is 0 Å². The van der Waals surface area contributed by atoms with E-state index < -0.39 is 17.7 Å². The van der Waals surface area contributed by atoms with Crippen molar-refractivity contribution in [3.05, 3.63) is 46.7 Å². The van der Waals surface area contributed by atoms with Gasteiger partial charge in [0.25, 0.3) is 0 Å². The molecule has 1 heterocycles. The fourth-order valence-corrected chi connectivity index (χ4v) is 4.05. The third-order valence-electron chi connectivity index (χ3n) is 5.16. The molecule has 4 nitrogen and oxygen atoms in total. The van der Waals surface area contributed by atoms with Crippen LogP contribution in [0.4, 0.5) is 13.2 Å². The molecular formula is C20H23F3N2O2. The Kier molecular flexibility index (Phi) is 4.70. The van der Waals surface area contributed by atoms with E-state index >= 15 is 0 Å². The molecule has 146 valence electrons. The lowest BCUT2D eigenvalue weighted by Crippen LogP contribution is -2.49. The first-order valence-corrected chi connectivity index (χ1v) is 8.84. The van der Waals surface area contributed by atoms with Gasteiger partial charge >= 0.3 is 6.18 Å². The minimum Gasteiger partial charge on any atom is -0.294 e. The zero-order chi connectivity index (χ0) is 20.1. The van der Waals surface area contributed by atoms with E-state index in [1.165, 1.54) is 17.1 Å². The number of benzene rings is 1. The minimum atomic E-state index is -4.42. The second-order valence-corrected chi connectivity index (χ2v) is 8.23. The smallest absolute Gasteiger partial charge is 0.294 e. The second kappa shape index (κ2) is 6.48. The molecule has 0 saturated carbocycles. The van der Waals surface area contributed by atoms with E-state index in [4.69, 9.17) is 0 Å². The molecule has 1 aromatic carbocycles. The Morgan fingerprint density at radius 3 is 2.19 bits per heavy atom. The van der Waals surface area contributed by atoms with Crippen LogP contribution < -0.4 is 0 Å². The Morgan fingerprint density at radius 2 is 1.67 bits per heavy atom. The standard InChI is InChI=1S/C20H23F3N2O2/c1-19(2)10-15-18(16(26)11-19)14(9-17(27)25(15)24(3)4)12-5-7-13(8-6-12)20(21,22)23/h5-8,14H,9-11H2,1-4H3/t14-/m0/s1. The van der Waals surface area contributed by atoms with Gasteiger partial charge in [0.05, 0.1) is 5.56 Å². The highest BCUT2D eigenvalue weighted by molar-refractivity contribution is 6.01. The Bertz CT molecular complexity index is 808. The minimum absolute atomic E-state index is 0.0366. The monoisotopic (exact) mass is 380 g/mol. The van der Waals surface area contributed by atoms with E-state index in [-0.39, 0.29) is 23.5 Å². The zero-order valence-electron chi connectivity index (χ0n) is 15.9. The van der Waals surface area contributed by atoms with Crippen LogP contribution in [0.3, 0.4) is 0 Å². The van der Waals surface area contributed by atoms with Gasteiger partial charge in [-0.2, -0.15) is 13.2 Å². The SMILES string of the molecule is CN(C)N1C(=O)C[C@@H](c2ccc(C(F)(F)F)cc2)C2=C1CC(C)(C)CC2=O. The molecule has 2 aliphatic rings. The molecule has 1 aromatic rings. The summed E-state index contributed by atoms with van der Waals surface area (Å²) >= 11 is 0. The number of carbonyl (C=O) groups excluding carboxylic acids is 2. The molecule has 0 fully saturated rings. The number of alkyl halides is 3. The largest absolute Gasteiger partial charge is 0.416 e. The maximum atomic E-state index is 12.9. The molecular weight excluding hydrogens is 357 g/mol. The number of amides is 1. The van der Waals surface area contributed by atoms with E-state index in [9.17, 15) is 22.8 Å². The quantitative estimate of drug-likeness (QED) is 0.774. The average Bonchev–Trinajstić information content (AvgIpc) is 2.51. The molecule has 0 spiro atoms. The van der Waals surface area contributed by atoms with Crippen LogP contribution in [-0.2, 0) is 15.8 Å². The molecule has 27 heavy (non-hydrogen) atoms. The molecule has 0 radical (unpaired) electrons. The molecule has 0 aromatic heterocycles. The van der Waals surface area contributed by atoms with E-state index in [2.05, 4.69) is 0 Å². The van der Waals surface area contributed by atoms with Crippen molar-refractivity contribution >= 4 is 11.7 Å². The van der Waals surface area contributed by atoms with Crippen LogP contribution in [0.15, 0.2) is 35.5 Å². The number of allylic oxidation sites excluding steroid dienone is 2. The number of nitrogens with zero attached hydrogens (tertiary/aromatic N) is 2. The van der Waals surface area contributed by atoms with Gasteiger partial charge in [0, 0.05) is 44.1 Å². The third kappa shape index (κ3) is 3.65. The van der Waals surface area contributed by atoms with Gasteiger partial charge in [-0.25, -0.2) is 10.0 Å². The summed E-state index contributed by atoms with van der Waals surface area (Å²) < 4.78 is 38.6. The first-order valence-electron chi connectivity index (χ1n) is 8.84. The lowest BCUT2D eigenvalue weighted by Gasteiger charge is -2.44. The van der Waals surface area contributed by atoms with Crippen LogP contribution in [0.25, 0.3) is 0 Å². The number of ketones is 1. The van der Waals surface area contributed by atoms with Gasteiger partial charge in [0.1, 0.15) is 0 Å². The van der Waals surface area contributed by atoms with Crippen molar-refractivity contribution in [2.75, 3.05) is 14.1 Å². The summed E-state index contributed by atoms with van der Waals surface area (Å²) in [5, 5.41) is 3.20. The predicted octanol–water partition coefficient (Wildman–Crippen LogP) is 4.14. The topological polar surface area (TPSA) is 40.6 Å². The van der Waals surface area contributed by atoms with Crippen LogP contribution in [-0.4, -0.2) is 35.8 Å². The number of hydrazine groups is 1. The van der Waals surface area contributed by atoms with Crippen molar-refractivity contribution in [3.63, 3.8) is 0 Å².